The van der Waals surface area contributed by atoms with E-state index in [0.29, 0.717) is 12.2 Å². The molecular weight excluding hydrogens is 288 g/mol. The predicted octanol–water partition coefficient (Wildman–Crippen LogP) is 3.38. The molecule has 20 heavy (non-hydrogen) atoms. The fourth-order valence-corrected chi connectivity index (χ4v) is 4.49. The fraction of sp³-hybridized carbons (Fsp3) is 0.250. The lowest BCUT2D eigenvalue weighted by atomic mass is 10.4. The van der Waals surface area contributed by atoms with E-state index in [-0.39, 0.29) is 5.25 Å². The van der Waals surface area contributed by atoms with Crippen molar-refractivity contribution in [3.05, 3.63) is 60.7 Å². The van der Waals surface area contributed by atoms with Crippen LogP contribution in [0.4, 0.5) is 0 Å². The summed E-state index contributed by atoms with van der Waals surface area (Å²) in [5.74, 6) is 0.545. The van der Waals surface area contributed by atoms with Gasteiger partial charge in [0.1, 0.15) is 0 Å². The molecule has 3 unspecified atom stereocenters. The Labute approximate surface area is 125 Å². The van der Waals surface area contributed by atoms with E-state index < -0.39 is 21.6 Å². The van der Waals surface area contributed by atoms with Crippen molar-refractivity contribution in [2.45, 2.75) is 28.4 Å². The maximum atomic E-state index is 12.3. The van der Waals surface area contributed by atoms with Crippen LogP contribution in [-0.4, -0.2) is 19.4 Å². The molecular formula is C16H18O2S2. The van der Waals surface area contributed by atoms with Crippen LogP contribution in [0.2, 0.25) is 0 Å². The average molecular weight is 306 g/mol. The van der Waals surface area contributed by atoms with Crippen LogP contribution in [0.1, 0.15) is 13.3 Å². The Hall–Kier alpha value is -1.26. The maximum Gasteiger partial charge on any atom is 0.0558 e. The second kappa shape index (κ2) is 7.50. The summed E-state index contributed by atoms with van der Waals surface area (Å²) in [6.45, 7) is 1.95. The van der Waals surface area contributed by atoms with Gasteiger partial charge in [-0.25, -0.2) is 0 Å². The summed E-state index contributed by atoms with van der Waals surface area (Å²) in [5, 5.41) is 0.00469. The molecule has 2 aromatic rings. The highest BCUT2D eigenvalue weighted by Gasteiger charge is 2.14. The molecule has 0 aliphatic rings. The molecule has 0 saturated heterocycles. The average Bonchev–Trinajstić information content (AvgIpc) is 2.53. The maximum absolute atomic E-state index is 12.3. The molecule has 4 heteroatoms. The number of benzene rings is 2. The molecule has 0 N–H and O–H groups in total. The first-order valence-electron chi connectivity index (χ1n) is 6.57. The predicted molar refractivity (Wildman–Crippen MR) is 84.6 cm³/mol. The molecule has 0 heterocycles. The third-order valence-corrected chi connectivity index (χ3v) is 6.16. The van der Waals surface area contributed by atoms with Gasteiger partial charge in [-0.3, -0.25) is 8.42 Å². The Morgan fingerprint density at radius 1 is 0.850 bits per heavy atom. The Kier molecular flexibility index (Phi) is 5.68. The summed E-state index contributed by atoms with van der Waals surface area (Å²) in [7, 11) is -2.05. The molecule has 3 atom stereocenters. The molecule has 0 fully saturated rings. The monoisotopic (exact) mass is 306 g/mol. The summed E-state index contributed by atoms with van der Waals surface area (Å²) in [4.78, 5) is 1.68. The summed E-state index contributed by atoms with van der Waals surface area (Å²) in [5.41, 5.74) is 0. The van der Waals surface area contributed by atoms with Gasteiger partial charge in [0.05, 0.1) is 21.6 Å². The van der Waals surface area contributed by atoms with Gasteiger partial charge in [-0.15, -0.1) is 0 Å². The van der Waals surface area contributed by atoms with Crippen LogP contribution in [0.25, 0.3) is 0 Å². The molecule has 2 nitrogen and oxygen atoms in total. The van der Waals surface area contributed by atoms with Crippen LogP contribution < -0.4 is 0 Å². The van der Waals surface area contributed by atoms with Crippen molar-refractivity contribution in [1.29, 1.82) is 0 Å². The first-order chi connectivity index (χ1) is 9.68. The minimum Gasteiger partial charge on any atom is -0.254 e. The molecule has 0 spiro atoms. The minimum absolute atomic E-state index is 0.00469. The van der Waals surface area contributed by atoms with Crippen LogP contribution in [0.5, 0.6) is 0 Å². The molecule has 2 rings (SSSR count). The highest BCUT2D eigenvalue weighted by atomic mass is 32.2. The summed E-state index contributed by atoms with van der Waals surface area (Å²) in [6, 6.07) is 18.9. The first kappa shape index (κ1) is 15.1. The van der Waals surface area contributed by atoms with Gasteiger partial charge in [-0.1, -0.05) is 43.3 Å². The van der Waals surface area contributed by atoms with Gasteiger partial charge in [0.15, 0.2) is 0 Å². The van der Waals surface area contributed by atoms with Crippen molar-refractivity contribution in [3.63, 3.8) is 0 Å². The van der Waals surface area contributed by atoms with Crippen LogP contribution in [-0.2, 0) is 21.6 Å². The molecule has 0 aliphatic carbocycles. The van der Waals surface area contributed by atoms with Crippen molar-refractivity contribution in [2.75, 3.05) is 5.75 Å². The van der Waals surface area contributed by atoms with Gasteiger partial charge in [0.25, 0.3) is 0 Å². The van der Waals surface area contributed by atoms with Gasteiger partial charge in [0, 0.05) is 20.8 Å². The molecule has 0 bridgehead atoms. The third-order valence-electron chi connectivity index (χ3n) is 3.06. The Bertz CT molecular complexity index is 582. The number of hydrogen-bond donors (Lipinski definition) is 0. The van der Waals surface area contributed by atoms with Gasteiger partial charge >= 0.3 is 0 Å². The largest absolute Gasteiger partial charge is 0.254 e. The van der Waals surface area contributed by atoms with E-state index in [2.05, 4.69) is 0 Å². The third kappa shape index (κ3) is 4.12. The van der Waals surface area contributed by atoms with Crippen molar-refractivity contribution in [1.82, 2.24) is 0 Å². The van der Waals surface area contributed by atoms with E-state index >= 15 is 0 Å². The zero-order valence-corrected chi connectivity index (χ0v) is 13.0. The molecule has 2 aromatic carbocycles. The minimum atomic E-state index is -1.04. The Morgan fingerprint density at radius 3 is 1.90 bits per heavy atom. The van der Waals surface area contributed by atoms with E-state index in [1.54, 1.807) is 0 Å². The van der Waals surface area contributed by atoms with Gasteiger partial charge in [-0.05, 0) is 30.7 Å². The van der Waals surface area contributed by atoms with Crippen LogP contribution in [0, 0.1) is 0 Å². The van der Waals surface area contributed by atoms with Gasteiger partial charge in [-0.2, -0.15) is 0 Å². The standard InChI is InChI=1S/C16H18O2S2/c1-14(20(18)16-10-6-3-7-11-16)12-13-19(17)15-8-4-2-5-9-15/h2-11,14H,12-13H2,1H3. The van der Waals surface area contributed by atoms with Crippen molar-refractivity contribution < 1.29 is 8.42 Å². The normalized spacial score (nSPS) is 15.4. The number of hydrogen-bond acceptors (Lipinski definition) is 2. The summed E-state index contributed by atoms with van der Waals surface area (Å²) < 4.78 is 24.4. The van der Waals surface area contributed by atoms with Crippen LogP contribution >= 0.6 is 0 Å². The van der Waals surface area contributed by atoms with Gasteiger partial charge < -0.3 is 0 Å². The Morgan fingerprint density at radius 2 is 1.35 bits per heavy atom. The molecule has 0 saturated carbocycles. The lowest BCUT2D eigenvalue weighted by Crippen LogP contribution is -2.14. The van der Waals surface area contributed by atoms with Crippen LogP contribution in [0.15, 0.2) is 70.5 Å². The Balaban J connectivity index is 1.91. The smallest absolute Gasteiger partial charge is 0.0558 e. The zero-order valence-electron chi connectivity index (χ0n) is 11.4. The van der Waals surface area contributed by atoms with E-state index in [9.17, 15) is 8.42 Å². The molecule has 0 amide bonds. The van der Waals surface area contributed by atoms with E-state index in [1.807, 2.05) is 67.6 Å². The van der Waals surface area contributed by atoms with E-state index in [1.165, 1.54) is 0 Å². The topological polar surface area (TPSA) is 34.1 Å². The van der Waals surface area contributed by atoms with Crippen molar-refractivity contribution in [3.8, 4) is 0 Å². The lowest BCUT2D eigenvalue weighted by molar-refractivity contribution is 0.666. The molecule has 0 aromatic heterocycles. The summed E-state index contributed by atoms with van der Waals surface area (Å²) in [6.07, 6.45) is 0.684. The fourth-order valence-electron chi connectivity index (χ4n) is 1.86. The first-order valence-corrected chi connectivity index (χ1v) is 9.10. The second-order valence-corrected chi connectivity index (χ2v) is 8.01. The number of rotatable bonds is 6. The van der Waals surface area contributed by atoms with Crippen LogP contribution in [0.3, 0.4) is 0 Å². The molecule has 0 radical (unpaired) electrons. The SMILES string of the molecule is CC(CCS(=O)c1ccccc1)S(=O)c1ccccc1. The highest BCUT2D eigenvalue weighted by molar-refractivity contribution is 7.86. The lowest BCUT2D eigenvalue weighted by Gasteiger charge is -2.11. The molecule has 0 aliphatic heterocycles. The van der Waals surface area contributed by atoms with E-state index in [0.717, 1.165) is 9.79 Å². The quantitative estimate of drug-likeness (QED) is 0.820. The van der Waals surface area contributed by atoms with Crippen molar-refractivity contribution in [2.24, 2.45) is 0 Å². The zero-order chi connectivity index (χ0) is 14.4. The molecule has 106 valence electrons. The highest BCUT2D eigenvalue weighted by Crippen LogP contribution is 2.15. The van der Waals surface area contributed by atoms with Crippen molar-refractivity contribution >= 4 is 21.6 Å². The second-order valence-electron chi connectivity index (χ2n) is 4.57. The van der Waals surface area contributed by atoms with Gasteiger partial charge in [0.2, 0.25) is 0 Å². The summed E-state index contributed by atoms with van der Waals surface area (Å²) >= 11 is 0. The van der Waals surface area contributed by atoms with E-state index in [4.69, 9.17) is 0 Å².